The van der Waals surface area contributed by atoms with Crippen molar-refractivity contribution in [3.63, 3.8) is 0 Å². The summed E-state index contributed by atoms with van der Waals surface area (Å²) in [5.74, 6) is 0.0826. The standard InChI is InChI=1S/C13H11F3N2O/c14-13(15,16)9-1-2-10-11(7-9)19-18-12(10)8-3-5-17-6-4-8/h1-3,5,7-8,17H,4,6H2. The summed E-state index contributed by atoms with van der Waals surface area (Å²) in [6, 6.07) is 3.49. The maximum Gasteiger partial charge on any atom is 0.416 e. The number of aromatic nitrogens is 1. The number of fused-ring (bicyclic) bond motifs is 1. The maximum absolute atomic E-state index is 12.6. The fourth-order valence-electron chi connectivity index (χ4n) is 2.23. The second-order valence-electron chi connectivity index (χ2n) is 4.48. The minimum Gasteiger partial charge on any atom is -0.391 e. The highest BCUT2D eigenvalue weighted by Crippen LogP contribution is 2.34. The monoisotopic (exact) mass is 268 g/mol. The fourth-order valence-corrected chi connectivity index (χ4v) is 2.23. The van der Waals surface area contributed by atoms with Gasteiger partial charge in [0.15, 0.2) is 5.58 Å². The molecule has 1 unspecified atom stereocenters. The molecule has 0 radical (unpaired) electrons. The van der Waals surface area contributed by atoms with E-state index in [0.29, 0.717) is 11.1 Å². The van der Waals surface area contributed by atoms with Crippen LogP contribution in [0.2, 0.25) is 0 Å². The number of nitrogens with zero attached hydrogens (tertiary/aromatic N) is 1. The van der Waals surface area contributed by atoms with Crippen LogP contribution in [-0.4, -0.2) is 11.7 Å². The molecule has 0 amide bonds. The summed E-state index contributed by atoms with van der Waals surface area (Å²) in [5, 5.41) is 7.63. The van der Waals surface area contributed by atoms with E-state index >= 15 is 0 Å². The molecule has 3 nitrogen and oxygen atoms in total. The minimum absolute atomic E-state index is 0.0826. The lowest BCUT2D eigenvalue weighted by molar-refractivity contribution is -0.137. The Morgan fingerprint density at radius 1 is 1.32 bits per heavy atom. The molecule has 0 spiro atoms. The van der Waals surface area contributed by atoms with Crippen LogP contribution in [0.1, 0.15) is 23.6 Å². The predicted molar refractivity (Wildman–Crippen MR) is 63.5 cm³/mol. The molecule has 1 aliphatic heterocycles. The van der Waals surface area contributed by atoms with Crippen molar-refractivity contribution in [2.75, 3.05) is 6.54 Å². The molecule has 1 atom stereocenters. The molecule has 1 aromatic heterocycles. The summed E-state index contributed by atoms with van der Waals surface area (Å²) in [5.41, 5.74) is 0.154. The van der Waals surface area contributed by atoms with E-state index in [2.05, 4.69) is 10.5 Å². The van der Waals surface area contributed by atoms with E-state index in [9.17, 15) is 13.2 Å². The third kappa shape index (κ3) is 2.18. The number of hydrogen-bond acceptors (Lipinski definition) is 3. The first-order valence-electron chi connectivity index (χ1n) is 5.92. The van der Waals surface area contributed by atoms with Gasteiger partial charge in [-0.05, 0) is 30.8 Å². The first kappa shape index (κ1) is 12.1. The number of halogens is 3. The summed E-state index contributed by atoms with van der Waals surface area (Å²) in [7, 11) is 0. The van der Waals surface area contributed by atoms with Crippen LogP contribution < -0.4 is 5.32 Å². The zero-order valence-electron chi connectivity index (χ0n) is 9.87. The summed E-state index contributed by atoms with van der Waals surface area (Å²) in [6.07, 6.45) is 0.256. The summed E-state index contributed by atoms with van der Waals surface area (Å²) >= 11 is 0. The van der Waals surface area contributed by atoms with Crippen LogP contribution in [0, 0.1) is 0 Å². The number of alkyl halides is 3. The first-order chi connectivity index (χ1) is 9.05. The van der Waals surface area contributed by atoms with Gasteiger partial charge in [0.1, 0.15) is 0 Å². The first-order valence-corrected chi connectivity index (χ1v) is 5.92. The molecule has 0 aliphatic carbocycles. The molecule has 19 heavy (non-hydrogen) atoms. The molecule has 100 valence electrons. The van der Waals surface area contributed by atoms with Crippen molar-refractivity contribution < 1.29 is 17.7 Å². The van der Waals surface area contributed by atoms with Crippen LogP contribution in [-0.2, 0) is 6.18 Å². The molecule has 1 aromatic carbocycles. The Kier molecular flexibility index (Phi) is 2.73. The van der Waals surface area contributed by atoms with E-state index in [1.54, 1.807) is 0 Å². The van der Waals surface area contributed by atoms with E-state index in [4.69, 9.17) is 4.52 Å². The van der Waals surface area contributed by atoms with Gasteiger partial charge in [-0.3, -0.25) is 0 Å². The van der Waals surface area contributed by atoms with Crippen molar-refractivity contribution in [2.24, 2.45) is 0 Å². The second-order valence-corrected chi connectivity index (χ2v) is 4.48. The lowest BCUT2D eigenvalue weighted by Crippen LogP contribution is -2.16. The summed E-state index contributed by atoms with van der Waals surface area (Å²) in [4.78, 5) is 0. The number of hydrogen-bond donors (Lipinski definition) is 1. The molecule has 3 rings (SSSR count). The van der Waals surface area contributed by atoms with Crippen molar-refractivity contribution in [1.82, 2.24) is 10.5 Å². The van der Waals surface area contributed by atoms with Gasteiger partial charge >= 0.3 is 6.18 Å². The average molecular weight is 268 g/mol. The van der Waals surface area contributed by atoms with E-state index in [1.807, 2.05) is 12.3 Å². The molecule has 1 N–H and O–H groups in total. The molecule has 6 heteroatoms. The molecule has 0 fully saturated rings. The lowest BCUT2D eigenvalue weighted by atomic mass is 9.96. The van der Waals surface area contributed by atoms with Crippen molar-refractivity contribution >= 4 is 11.0 Å². The van der Waals surface area contributed by atoms with Gasteiger partial charge in [0.2, 0.25) is 0 Å². The van der Waals surface area contributed by atoms with Crippen LogP contribution >= 0.6 is 0 Å². The Labute approximate surface area is 107 Å². The van der Waals surface area contributed by atoms with Crippen molar-refractivity contribution in [3.8, 4) is 0 Å². The van der Waals surface area contributed by atoms with Gasteiger partial charge in [-0.15, -0.1) is 0 Å². The Hall–Kier alpha value is -1.98. The van der Waals surface area contributed by atoms with Gasteiger partial charge in [-0.25, -0.2) is 0 Å². The number of benzene rings is 1. The number of nitrogens with one attached hydrogen (secondary N) is 1. The highest BCUT2D eigenvalue weighted by Gasteiger charge is 2.31. The molecule has 2 heterocycles. The smallest absolute Gasteiger partial charge is 0.391 e. The van der Waals surface area contributed by atoms with Gasteiger partial charge < -0.3 is 9.84 Å². The Morgan fingerprint density at radius 3 is 2.84 bits per heavy atom. The van der Waals surface area contributed by atoms with Gasteiger partial charge in [-0.2, -0.15) is 13.2 Å². The fraction of sp³-hybridized carbons (Fsp3) is 0.308. The molecule has 0 bridgehead atoms. The van der Waals surface area contributed by atoms with Gasteiger partial charge in [-0.1, -0.05) is 11.2 Å². The van der Waals surface area contributed by atoms with Crippen molar-refractivity contribution in [3.05, 3.63) is 41.7 Å². The van der Waals surface area contributed by atoms with Gasteiger partial charge in [0.05, 0.1) is 11.3 Å². The Balaban J connectivity index is 2.04. The molecular weight excluding hydrogens is 257 g/mol. The van der Waals surface area contributed by atoms with E-state index in [0.717, 1.165) is 25.1 Å². The topological polar surface area (TPSA) is 38.1 Å². The average Bonchev–Trinajstić information content (AvgIpc) is 2.81. The number of rotatable bonds is 1. The Morgan fingerprint density at radius 2 is 2.16 bits per heavy atom. The molecule has 0 saturated carbocycles. The van der Waals surface area contributed by atoms with Crippen LogP contribution in [0.4, 0.5) is 13.2 Å². The van der Waals surface area contributed by atoms with E-state index in [1.165, 1.54) is 6.07 Å². The highest BCUT2D eigenvalue weighted by atomic mass is 19.4. The van der Waals surface area contributed by atoms with Gasteiger partial charge in [0.25, 0.3) is 0 Å². The molecular formula is C13H11F3N2O. The third-order valence-electron chi connectivity index (χ3n) is 3.22. The zero-order valence-corrected chi connectivity index (χ0v) is 9.87. The van der Waals surface area contributed by atoms with E-state index < -0.39 is 11.7 Å². The van der Waals surface area contributed by atoms with Crippen LogP contribution in [0.15, 0.2) is 35.0 Å². The minimum atomic E-state index is -4.37. The lowest BCUT2D eigenvalue weighted by Gasteiger charge is -2.15. The molecule has 2 aromatic rings. The molecule has 0 saturated heterocycles. The normalized spacial score (nSPS) is 19.6. The largest absolute Gasteiger partial charge is 0.416 e. The maximum atomic E-state index is 12.6. The van der Waals surface area contributed by atoms with E-state index in [-0.39, 0.29) is 11.5 Å². The number of allylic oxidation sites excluding steroid dienone is 1. The third-order valence-corrected chi connectivity index (χ3v) is 3.22. The van der Waals surface area contributed by atoms with Crippen LogP contribution in [0.5, 0.6) is 0 Å². The summed E-state index contributed by atoms with van der Waals surface area (Å²) in [6.45, 7) is 0.816. The quantitative estimate of drug-likeness (QED) is 0.861. The SMILES string of the molecule is FC(F)(F)c1ccc2c(C3C=CNCC3)noc2c1. The van der Waals surface area contributed by atoms with Gasteiger partial charge in [0, 0.05) is 17.8 Å². The highest BCUT2D eigenvalue weighted by molar-refractivity contribution is 5.81. The zero-order chi connectivity index (χ0) is 13.5. The van der Waals surface area contributed by atoms with Crippen LogP contribution in [0.3, 0.4) is 0 Å². The van der Waals surface area contributed by atoms with Crippen molar-refractivity contribution in [1.29, 1.82) is 0 Å². The Bertz CT molecular complexity index is 630. The second kappa shape index (κ2) is 4.29. The summed E-state index contributed by atoms with van der Waals surface area (Å²) < 4.78 is 42.8. The van der Waals surface area contributed by atoms with Crippen LogP contribution in [0.25, 0.3) is 11.0 Å². The predicted octanol–water partition coefficient (Wildman–Crippen LogP) is 3.44. The van der Waals surface area contributed by atoms with Crippen molar-refractivity contribution in [2.45, 2.75) is 18.5 Å². The molecule has 1 aliphatic rings.